The van der Waals surface area contributed by atoms with Crippen LogP contribution >= 0.6 is 0 Å². The molecule has 0 aliphatic heterocycles. The summed E-state index contributed by atoms with van der Waals surface area (Å²) in [6.07, 6.45) is -4.40. The van der Waals surface area contributed by atoms with Gasteiger partial charge in [-0.25, -0.2) is 0 Å². The summed E-state index contributed by atoms with van der Waals surface area (Å²) in [5.41, 5.74) is -0.870. The van der Waals surface area contributed by atoms with Crippen molar-refractivity contribution < 1.29 is 31.1 Å². The Morgan fingerprint density at radius 2 is 1.39 bits per heavy atom. The second-order valence-electron chi connectivity index (χ2n) is 6.94. The lowest BCUT2D eigenvalue weighted by Crippen LogP contribution is -2.15. The predicted octanol–water partition coefficient (Wildman–Crippen LogP) is 6.61. The van der Waals surface area contributed by atoms with Gasteiger partial charge < -0.3 is 4.74 Å². The predicted molar refractivity (Wildman–Crippen MR) is 90.9 cm³/mol. The third-order valence-electron chi connectivity index (χ3n) is 4.93. The Morgan fingerprint density at radius 3 is 1.96 bits per heavy atom. The molecule has 28 heavy (non-hydrogen) atoms. The molecule has 0 saturated heterocycles. The van der Waals surface area contributed by atoms with Gasteiger partial charge in [-0.2, -0.15) is 26.3 Å². The quantitative estimate of drug-likeness (QED) is 0.425. The summed E-state index contributed by atoms with van der Waals surface area (Å²) in [5, 5.41) is 0. The highest BCUT2D eigenvalue weighted by Gasteiger charge is 2.32. The Morgan fingerprint density at radius 1 is 0.750 bits per heavy atom. The van der Waals surface area contributed by atoms with E-state index in [0.29, 0.717) is 24.3 Å². The zero-order valence-electron chi connectivity index (χ0n) is 14.9. The third kappa shape index (κ3) is 5.17. The topological polar surface area (TPSA) is 22.1 Å². The number of alkyl halides is 6. The highest BCUT2D eigenvalue weighted by molar-refractivity contribution is 5.29. The Kier molecular flexibility index (Phi) is 5.86. The second kappa shape index (κ2) is 8.01. The number of pyridine rings is 1. The van der Waals surface area contributed by atoms with Crippen molar-refractivity contribution in [2.24, 2.45) is 0 Å². The van der Waals surface area contributed by atoms with Gasteiger partial charge in [0.2, 0.25) is 0 Å². The molecule has 1 aromatic carbocycles. The Labute approximate surface area is 158 Å². The van der Waals surface area contributed by atoms with Crippen molar-refractivity contribution in [2.45, 2.75) is 56.5 Å². The van der Waals surface area contributed by atoms with Crippen LogP contribution in [0, 0.1) is 0 Å². The largest absolute Gasteiger partial charge is 0.490 e. The van der Waals surface area contributed by atoms with Gasteiger partial charge in [-0.05, 0) is 68.5 Å². The summed E-state index contributed by atoms with van der Waals surface area (Å²) < 4.78 is 81.6. The summed E-state index contributed by atoms with van der Waals surface area (Å²) in [4.78, 5) is 3.98. The lowest BCUT2D eigenvalue weighted by atomic mass is 9.95. The van der Waals surface area contributed by atoms with Crippen molar-refractivity contribution >= 4 is 0 Å². The minimum Gasteiger partial charge on any atom is -0.490 e. The van der Waals surface area contributed by atoms with Crippen LogP contribution in [0.5, 0.6) is 5.75 Å². The van der Waals surface area contributed by atoms with Crippen molar-refractivity contribution in [1.82, 2.24) is 4.98 Å². The lowest BCUT2D eigenvalue weighted by Gasteiger charge is -2.18. The highest BCUT2D eigenvalue weighted by Crippen LogP contribution is 2.35. The maximum Gasteiger partial charge on any atom is 0.417 e. The maximum absolute atomic E-state index is 12.7. The Bertz CT molecular complexity index is 767. The number of aromatic nitrogens is 1. The van der Waals surface area contributed by atoms with Crippen molar-refractivity contribution in [3.8, 4) is 5.75 Å². The van der Waals surface area contributed by atoms with Crippen molar-refractivity contribution in [3.05, 3.63) is 59.4 Å². The first-order chi connectivity index (χ1) is 13.1. The number of halogens is 6. The van der Waals surface area contributed by atoms with Crippen LogP contribution in [0.25, 0.3) is 0 Å². The monoisotopic (exact) mass is 403 g/mol. The minimum absolute atomic E-state index is 0.0449. The molecule has 0 amide bonds. The highest BCUT2D eigenvalue weighted by atomic mass is 19.4. The zero-order valence-corrected chi connectivity index (χ0v) is 14.9. The van der Waals surface area contributed by atoms with Gasteiger partial charge in [0.05, 0.1) is 17.2 Å². The smallest absolute Gasteiger partial charge is 0.417 e. The van der Waals surface area contributed by atoms with Crippen LogP contribution in [0.2, 0.25) is 0 Å². The molecule has 1 heterocycles. The molecule has 1 fully saturated rings. The van der Waals surface area contributed by atoms with Crippen molar-refractivity contribution in [3.63, 3.8) is 0 Å². The molecule has 0 spiro atoms. The molecule has 3 rings (SSSR count). The van der Waals surface area contributed by atoms with Crippen LogP contribution in [-0.2, 0) is 12.4 Å². The first kappa shape index (κ1) is 20.5. The Hall–Kier alpha value is -2.25. The van der Waals surface area contributed by atoms with Crippen LogP contribution in [0.3, 0.4) is 0 Å². The number of rotatable bonds is 3. The van der Waals surface area contributed by atoms with Gasteiger partial charge in [0.15, 0.2) is 0 Å². The van der Waals surface area contributed by atoms with Crippen LogP contribution in [-0.4, -0.2) is 11.1 Å². The lowest BCUT2D eigenvalue weighted by molar-refractivity contribution is -0.138. The summed E-state index contributed by atoms with van der Waals surface area (Å²) in [6, 6.07) is 7.06. The maximum atomic E-state index is 12.7. The van der Waals surface area contributed by atoms with E-state index in [1.807, 2.05) is 0 Å². The van der Waals surface area contributed by atoms with Crippen LogP contribution < -0.4 is 4.74 Å². The van der Waals surface area contributed by atoms with E-state index < -0.39 is 23.5 Å². The molecule has 8 heteroatoms. The van der Waals surface area contributed by atoms with E-state index in [4.69, 9.17) is 4.74 Å². The van der Waals surface area contributed by atoms with E-state index in [1.54, 1.807) is 0 Å². The van der Waals surface area contributed by atoms with Crippen molar-refractivity contribution in [2.75, 3.05) is 0 Å². The van der Waals surface area contributed by atoms with E-state index in [0.717, 1.165) is 43.7 Å². The first-order valence-corrected chi connectivity index (χ1v) is 9.00. The summed E-state index contributed by atoms with van der Waals surface area (Å²) in [6.45, 7) is 0. The molecule has 1 aromatic heterocycles. The van der Waals surface area contributed by atoms with Crippen LogP contribution in [0.1, 0.15) is 54.8 Å². The molecule has 2 nitrogen and oxygen atoms in total. The van der Waals surface area contributed by atoms with Gasteiger partial charge in [0.1, 0.15) is 5.75 Å². The molecular weight excluding hydrogens is 384 g/mol. The van der Waals surface area contributed by atoms with E-state index in [1.165, 1.54) is 18.2 Å². The molecule has 152 valence electrons. The summed E-state index contributed by atoms with van der Waals surface area (Å²) in [7, 11) is 0. The van der Waals surface area contributed by atoms with Crippen LogP contribution in [0.4, 0.5) is 26.3 Å². The number of hydrogen-bond donors (Lipinski definition) is 0. The van der Waals surface area contributed by atoms with Gasteiger partial charge in [0, 0.05) is 17.8 Å². The molecular formula is C20H19F6NO. The summed E-state index contributed by atoms with van der Waals surface area (Å²) in [5.74, 6) is 0.424. The standard InChI is InChI=1S/C20H19F6NO/c21-19(22,23)14-5-9-17(10-6-14)28-16-3-1-2-13(4-8-16)18-11-7-15(12-27-18)20(24,25)26/h5-7,9-13,16H,1-4,8H2. The van der Waals surface area contributed by atoms with Gasteiger partial charge in [-0.15, -0.1) is 0 Å². The van der Waals surface area contributed by atoms with E-state index >= 15 is 0 Å². The van der Waals surface area contributed by atoms with Gasteiger partial charge in [-0.1, -0.05) is 0 Å². The van der Waals surface area contributed by atoms with E-state index in [2.05, 4.69) is 4.98 Å². The van der Waals surface area contributed by atoms with Gasteiger partial charge in [-0.3, -0.25) is 4.98 Å². The number of ether oxygens (including phenoxy) is 1. The summed E-state index contributed by atoms with van der Waals surface area (Å²) >= 11 is 0. The molecule has 1 saturated carbocycles. The minimum atomic E-state index is -4.41. The fraction of sp³-hybridized carbons (Fsp3) is 0.450. The van der Waals surface area contributed by atoms with Gasteiger partial charge in [0.25, 0.3) is 0 Å². The molecule has 1 aliphatic rings. The van der Waals surface area contributed by atoms with Crippen LogP contribution in [0.15, 0.2) is 42.6 Å². The first-order valence-electron chi connectivity index (χ1n) is 9.00. The average Bonchev–Trinajstić information content (AvgIpc) is 2.86. The molecule has 2 unspecified atom stereocenters. The normalized spacial score (nSPS) is 21.2. The fourth-order valence-corrected chi connectivity index (χ4v) is 3.41. The zero-order chi connectivity index (χ0) is 20.4. The molecule has 2 atom stereocenters. The second-order valence-corrected chi connectivity index (χ2v) is 6.94. The fourth-order valence-electron chi connectivity index (χ4n) is 3.41. The molecule has 2 aromatic rings. The average molecular weight is 403 g/mol. The molecule has 0 bridgehead atoms. The van der Waals surface area contributed by atoms with E-state index in [9.17, 15) is 26.3 Å². The number of benzene rings is 1. The van der Waals surface area contributed by atoms with E-state index in [-0.39, 0.29) is 12.0 Å². The molecule has 0 radical (unpaired) electrons. The van der Waals surface area contributed by atoms with Crippen molar-refractivity contribution in [1.29, 1.82) is 0 Å². The SMILES string of the molecule is FC(F)(F)c1ccc(OC2CCCC(c3ccc(C(F)(F)F)cn3)CC2)cc1. The van der Waals surface area contributed by atoms with Gasteiger partial charge >= 0.3 is 12.4 Å². The molecule has 1 aliphatic carbocycles. The molecule has 0 N–H and O–H groups in total. The number of nitrogens with zero attached hydrogens (tertiary/aromatic N) is 1. The number of hydrogen-bond acceptors (Lipinski definition) is 2. The third-order valence-corrected chi connectivity index (χ3v) is 4.93. The Balaban J connectivity index is 1.59.